The lowest BCUT2D eigenvalue weighted by molar-refractivity contribution is 0.0674. The highest BCUT2D eigenvalue weighted by Gasteiger charge is 2.26. The number of likely N-dealkylation sites (tertiary alicyclic amines) is 1. The van der Waals surface area contributed by atoms with Crippen molar-refractivity contribution in [2.24, 2.45) is 5.92 Å². The Hall–Kier alpha value is -4.08. The van der Waals surface area contributed by atoms with Crippen LogP contribution in [-0.2, 0) is 6.54 Å². The van der Waals surface area contributed by atoms with Crippen LogP contribution in [0.15, 0.2) is 71.9 Å². The Morgan fingerprint density at radius 1 is 0.969 bits per heavy atom. The zero-order valence-electron chi connectivity index (χ0n) is 17.4. The number of aromatic nitrogens is 7. The largest absolute Gasteiger partial charge is 0.337 e. The highest BCUT2D eigenvalue weighted by molar-refractivity contribution is 5.92. The fraction of sp³-hybridized carbons (Fsp3) is 0.273. The van der Waals surface area contributed by atoms with Crippen LogP contribution in [0.5, 0.6) is 0 Å². The molecule has 32 heavy (non-hydrogen) atoms. The van der Waals surface area contributed by atoms with Gasteiger partial charge in [-0.05, 0) is 43.0 Å². The molecule has 0 N–H and O–H groups in total. The number of hydrogen-bond donors (Lipinski definition) is 0. The predicted octanol–water partition coefficient (Wildman–Crippen LogP) is 1.56. The van der Waals surface area contributed by atoms with Crippen LogP contribution in [0.1, 0.15) is 23.3 Å². The lowest BCUT2D eigenvalue weighted by Crippen LogP contribution is -2.40. The third kappa shape index (κ3) is 4.07. The van der Waals surface area contributed by atoms with Gasteiger partial charge < -0.3 is 4.90 Å². The minimum Gasteiger partial charge on any atom is -0.337 e. The van der Waals surface area contributed by atoms with E-state index >= 15 is 0 Å². The minimum absolute atomic E-state index is 0.124. The first-order valence-corrected chi connectivity index (χ1v) is 10.5. The van der Waals surface area contributed by atoms with E-state index in [9.17, 15) is 9.59 Å². The second-order valence-electron chi connectivity index (χ2n) is 7.75. The molecule has 0 atom stereocenters. The van der Waals surface area contributed by atoms with Crippen molar-refractivity contribution in [1.82, 2.24) is 39.5 Å². The number of para-hydroxylation sites is 1. The molecule has 0 saturated carbocycles. The third-order valence-corrected chi connectivity index (χ3v) is 5.62. The number of nitrogens with zero attached hydrogens (tertiary/aromatic N) is 8. The van der Waals surface area contributed by atoms with Crippen LogP contribution < -0.4 is 5.56 Å². The van der Waals surface area contributed by atoms with Crippen LogP contribution >= 0.6 is 0 Å². The monoisotopic (exact) mass is 430 g/mol. The molecule has 4 heterocycles. The van der Waals surface area contributed by atoms with Crippen LogP contribution in [-0.4, -0.2) is 58.5 Å². The molecule has 10 nitrogen and oxygen atoms in total. The van der Waals surface area contributed by atoms with Gasteiger partial charge in [0.2, 0.25) is 0 Å². The summed E-state index contributed by atoms with van der Waals surface area (Å²) in [7, 11) is 0. The number of carbonyl (C=O) groups excluding carboxylic acids is 1. The van der Waals surface area contributed by atoms with E-state index in [1.54, 1.807) is 28.0 Å². The van der Waals surface area contributed by atoms with Crippen LogP contribution in [0, 0.1) is 5.92 Å². The van der Waals surface area contributed by atoms with Gasteiger partial charge in [-0.2, -0.15) is 15.0 Å². The molecule has 1 aromatic carbocycles. The van der Waals surface area contributed by atoms with E-state index in [-0.39, 0.29) is 17.4 Å². The Balaban J connectivity index is 1.21. The molecule has 0 unspecified atom stereocenters. The van der Waals surface area contributed by atoms with E-state index in [1.807, 2.05) is 36.4 Å². The van der Waals surface area contributed by atoms with Gasteiger partial charge in [0.25, 0.3) is 11.5 Å². The van der Waals surface area contributed by atoms with E-state index in [2.05, 4.69) is 20.4 Å². The first-order chi connectivity index (χ1) is 15.7. The molecule has 162 valence electrons. The van der Waals surface area contributed by atoms with Crippen molar-refractivity contribution >= 4 is 5.91 Å². The van der Waals surface area contributed by atoms with Gasteiger partial charge in [0.15, 0.2) is 11.5 Å². The number of hydrogen-bond acceptors (Lipinski definition) is 6. The number of benzene rings is 1. The van der Waals surface area contributed by atoms with Crippen molar-refractivity contribution in [2.75, 3.05) is 13.1 Å². The summed E-state index contributed by atoms with van der Waals surface area (Å²) in [6, 6.07) is 14.5. The summed E-state index contributed by atoms with van der Waals surface area (Å²) >= 11 is 0. The summed E-state index contributed by atoms with van der Waals surface area (Å²) in [6.07, 6.45) is 6.54. The molecule has 1 aliphatic heterocycles. The summed E-state index contributed by atoms with van der Waals surface area (Å²) in [5, 5.41) is 17.2. The summed E-state index contributed by atoms with van der Waals surface area (Å²) in [6.45, 7) is 1.73. The minimum atomic E-state index is -0.142. The van der Waals surface area contributed by atoms with Crippen molar-refractivity contribution in [3.8, 4) is 11.5 Å². The van der Waals surface area contributed by atoms with Gasteiger partial charge in [0, 0.05) is 38.1 Å². The molecule has 0 spiro atoms. The third-order valence-electron chi connectivity index (χ3n) is 5.62. The first kappa shape index (κ1) is 19.9. The van der Waals surface area contributed by atoms with Crippen molar-refractivity contribution in [1.29, 1.82) is 0 Å². The summed E-state index contributed by atoms with van der Waals surface area (Å²) in [4.78, 5) is 28.4. The maximum Gasteiger partial charge on any atom is 0.276 e. The van der Waals surface area contributed by atoms with Gasteiger partial charge in [-0.1, -0.05) is 18.2 Å². The van der Waals surface area contributed by atoms with E-state index in [0.29, 0.717) is 31.1 Å². The molecule has 0 radical (unpaired) electrons. The predicted molar refractivity (Wildman–Crippen MR) is 116 cm³/mol. The van der Waals surface area contributed by atoms with Crippen molar-refractivity contribution in [2.45, 2.75) is 19.4 Å². The fourth-order valence-electron chi connectivity index (χ4n) is 3.87. The van der Waals surface area contributed by atoms with Gasteiger partial charge >= 0.3 is 0 Å². The number of amides is 1. The number of rotatable bonds is 5. The summed E-state index contributed by atoms with van der Waals surface area (Å²) in [5.41, 5.74) is 0.995. The van der Waals surface area contributed by atoms with E-state index in [1.165, 1.54) is 21.7 Å². The highest BCUT2D eigenvalue weighted by atomic mass is 16.2. The zero-order chi connectivity index (χ0) is 21.9. The normalized spacial score (nSPS) is 14.6. The quantitative estimate of drug-likeness (QED) is 0.476. The fourth-order valence-corrected chi connectivity index (χ4v) is 3.87. The van der Waals surface area contributed by atoms with E-state index in [4.69, 9.17) is 0 Å². The van der Waals surface area contributed by atoms with E-state index in [0.717, 1.165) is 18.5 Å². The molecular formula is C22H22N8O2. The second kappa shape index (κ2) is 8.58. The van der Waals surface area contributed by atoms with Crippen molar-refractivity contribution in [3.63, 3.8) is 0 Å². The number of piperidine rings is 1. The average molecular weight is 430 g/mol. The number of carbonyl (C=O) groups is 1. The molecule has 0 aliphatic carbocycles. The molecule has 3 aromatic heterocycles. The van der Waals surface area contributed by atoms with Gasteiger partial charge in [0.05, 0.1) is 11.9 Å². The van der Waals surface area contributed by atoms with Gasteiger partial charge in [0.1, 0.15) is 0 Å². The molecule has 1 aliphatic rings. The van der Waals surface area contributed by atoms with Gasteiger partial charge in [-0.3, -0.25) is 9.59 Å². The highest BCUT2D eigenvalue weighted by Crippen LogP contribution is 2.20. The van der Waals surface area contributed by atoms with Crippen LogP contribution in [0.4, 0.5) is 0 Å². The maximum absolute atomic E-state index is 12.9. The van der Waals surface area contributed by atoms with Crippen LogP contribution in [0.2, 0.25) is 0 Å². The molecule has 0 bridgehead atoms. The molecule has 10 heteroatoms. The Kier molecular flexibility index (Phi) is 5.32. The maximum atomic E-state index is 12.9. The standard InChI is InChI=1S/C22H22N8O2/c31-21-8-7-20(28-12-4-11-23-28)26-29(21)16-17-9-13-27(14-10-17)22(32)19-15-24-30(25-19)18-5-2-1-3-6-18/h1-8,11-12,15,17H,9-10,13-14,16H2. The Morgan fingerprint density at radius 2 is 1.78 bits per heavy atom. The molecule has 1 saturated heterocycles. The van der Waals surface area contributed by atoms with Gasteiger partial charge in [-0.15, -0.1) is 10.2 Å². The Morgan fingerprint density at radius 3 is 2.53 bits per heavy atom. The second-order valence-corrected chi connectivity index (χ2v) is 7.75. The lowest BCUT2D eigenvalue weighted by Gasteiger charge is -2.31. The van der Waals surface area contributed by atoms with E-state index < -0.39 is 0 Å². The molecular weight excluding hydrogens is 408 g/mol. The zero-order valence-corrected chi connectivity index (χ0v) is 17.4. The van der Waals surface area contributed by atoms with Crippen molar-refractivity contribution in [3.05, 3.63) is 83.2 Å². The molecule has 1 fully saturated rings. The molecule has 5 rings (SSSR count). The molecule has 1 amide bonds. The first-order valence-electron chi connectivity index (χ1n) is 10.5. The average Bonchev–Trinajstić information content (AvgIpc) is 3.54. The Bertz CT molecular complexity index is 1250. The summed E-state index contributed by atoms with van der Waals surface area (Å²) < 4.78 is 3.12. The SMILES string of the molecule is O=C(c1cnn(-c2ccccc2)n1)N1CCC(Cn2nc(-n3cccn3)ccc2=O)CC1. The van der Waals surface area contributed by atoms with Crippen LogP contribution in [0.3, 0.4) is 0 Å². The van der Waals surface area contributed by atoms with Crippen molar-refractivity contribution < 1.29 is 4.79 Å². The lowest BCUT2D eigenvalue weighted by atomic mass is 9.96. The Labute approximate surface area is 183 Å². The topological polar surface area (TPSA) is 104 Å². The van der Waals surface area contributed by atoms with Gasteiger partial charge in [-0.25, -0.2) is 9.36 Å². The van der Waals surface area contributed by atoms with Crippen LogP contribution in [0.25, 0.3) is 11.5 Å². The smallest absolute Gasteiger partial charge is 0.276 e. The molecule has 4 aromatic rings. The summed E-state index contributed by atoms with van der Waals surface area (Å²) in [5.74, 6) is 0.738.